The number of unbranched alkanes of at least 4 members (excludes halogenated alkanes) is 5. The van der Waals surface area contributed by atoms with Crippen molar-refractivity contribution in [3.05, 3.63) is 35.4 Å². The summed E-state index contributed by atoms with van der Waals surface area (Å²) in [6, 6.07) is 7.81. The summed E-state index contributed by atoms with van der Waals surface area (Å²) in [5.41, 5.74) is 2.13. The third-order valence-corrected chi connectivity index (χ3v) is 3.72. The smallest absolute Gasteiger partial charge is 0.309 e. The van der Waals surface area contributed by atoms with E-state index < -0.39 is 11.8 Å². The van der Waals surface area contributed by atoms with Crippen molar-refractivity contribution in [3.63, 3.8) is 0 Å². The maximum absolute atomic E-state index is 11.7. The molecule has 1 aromatic carbocycles. The zero-order chi connectivity index (χ0) is 16.2. The van der Waals surface area contributed by atoms with Gasteiger partial charge in [0.05, 0.1) is 0 Å². The molecule has 4 nitrogen and oxygen atoms in total. The van der Waals surface area contributed by atoms with Gasteiger partial charge < -0.3 is 10.6 Å². The number of benzene rings is 1. The molecule has 0 unspecified atom stereocenters. The van der Waals surface area contributed by atoms with Crippen LogP contribution in [-0.4, -0.2) is 18.4 Å². The summed E-state index contributed by atoms with van der Waals surface area (Å²) in [6.45, 7) is 5.13. The lowest BCUT2D eigenvalue weighted by atomic mass is 10.1. The minimum atomic E-state index is -0.561. The Morgan fingerprint density at radius 3 is 2.27 bits per heavy atom. The second-order valence-corrected chi connectivity index (χ2v) is 5.63. The molecule has 122 valence electrons. The Labute approximate surface area is 133 Å². The fraction of sp³-hybridized carbons (Fsp3) is 0.556. The van der Waals surface area contributed by atoms with Gasteiger partial charge in [-0.05, 0) is 24.5 Å². The van der Waals surface area contributed by atoms with Crippen molar-refractivity contribution >= 4 is 11.8 Å². The van der Waals surface area contributed by atoms with Gasteiger partial charge in [0.1, 0.15) is 0 Å². The Hall–Kier alpha value is -1.84. The van der Waals surface area contributed by atoms with Gasteiger partial charge >= 0.3 is 11.8 Å². The highest BCUT2D eigenvalue weighted by Gasteiger charge is 2.12. The van der Waals surface area contributed by atoms with Gasteiger partial charge in [0.25, 0.3) is 0 Å². The van der Waals surface area contributed by atoms with Gasteiger partial charge in [-0.1, -0.05) is 63.3 Å². The van der Waals surface area contributed by atoms with E-state index in [2.05, 4.69) is 17.6 Å². The minimum Gasteiger partial charge on any atom is -0.348 e. The molecule has 2 amide bonds. The highest BCUT2D eigenvalue weighted by atomic mass is 16.2. The molecule has 4 heteroatoms. The standard InChI is InChI=1S/C18H28N2O2/c1-3-4-5-6-7-10-13-19-17(21)18(22)20-14-16-12-9-8-11-15(16)2/h8-9,11-12H,3-7,10,13-14H2,1-2H3,(H,19,21)(H,20,22). The monoisotopic (exact) mass is 304 g/mol. The van der Waals surface area contributed by atoms with Crippen molar-refractivity contribution in [2.45, 2.75) is 58.9 Å². The van der Waals surface area contributed by atoms with Crippen molar-refractivity contribution < 1.29 is 9.59 Å². The average molecular weight is 304 g/mol. The summed E-state index contributed by atoms with van der Waals surface area (Å²) < 4.78 is 0. The number of hydrogen-bond acceptors (Lipinski definition) is 2. The SMILES string of the molecule is CCCCCCCCNC(=O)C(=O)NCc1ccccc1C. The van der Waals surface area contributed by atoms with Crippen LogP contribution in [0, 0.1) is 6.92 Å². The summed E-state index contributed by atoms with van der Waals surface area (Å²) in [7, 11) is 0. The molecule has 0 aliphatic heterocycles. The summed E-state index contributed by atoms with van der Waals surface area (Å²) in [6.07, 6.45) is 6.99. The molecule has 2 N–H and O–H groups in total. The van der Waals surface area contributed by atoms with Crippen molar-refractivity contribution in [2.24, 2.45) is 0 Å². The van der Waals surface area contributed by atoms with Gasteiger partial charge in [-0.15, -0.1) is 0 Å². The molecule has 0 aliphatic rings. The molecule has 0 aliphatic carbocycles. The van der Waals surface area contributed by atoms with Crippen molar-refractivity contribution in [3.8, 4) is 0 Å². The van der Waals surface area contributed by atoms with Gasteiger partial charge in [0.2, 0.25) is 0 Å². The minimum absolute atomic E-state index is 0.385. The van der Waals surface area contributed by atoms with Crippen LogP contribution >= 0.6 is 0 Å². The van der Waals surface area contributed by atoms with Gasteiger partial charge in [-0.2, -0.15) is 0 Å². The number of amides is 2. The van der Waals surface area contributed by atoms with E-state index in [1.165, 1.54) is 25.7 Å². The first-order valence-electron chi connectivity index (χ1n) is 8.25. The second-order valence-electron chi connectivity index (χ2n) is 5.63. The van der Waals surface area contributed by atoms with Crippen LogP contribution in [-0.2, 0) is 16.1 Å². The Balaban J connectivity index is 2.15. The van der Waals surface area contributed by atoms with E-state index in [0.29, 0.717) is 13.1 Å². The third kappa shape index (κ3) is 7.25. The first kappa shape index (κ1) is 18.2. The van der Waals surface area contributed by atoms with E-state index in [1.54, 1.807) is 0 Å². The van der Waals surface area contributed by atoms with Gasteiger partial charge in [-0.3, -0.25) is 9.59 Å². The lowest BCUT2D eigenvalue weighted by Crippen LogP contribution is -2.40. The molecule has 0 radical (unpaired) electrons. The number of carbonyl (C=O) groups excluding carboxylic acids is 2. The van der Waals surface area contributed by atoms with E-state index in [9.17, 15) is 9.59 Å². The Morgan fingerprint density at radius 2 is 1.55 bits per heavy atom. The molecule has 1 aromatic rings. The van der Waals surface area contributed by atoms with Crippen LogP contribution in [0.15, 0.2) is 24.3 Å². The molecule has 0 fully saturated rings. The fourth-order valence-corrected chi connectivity index (χ4v) is 2.25. The van der Waals surface area contributed by atoms with Crippen LogP contribution in [0.1, 0.15) is 56.6 Å². The zero-order valence-corrected chi connectivity index (χ0v) is 13.8. The first-order valence-corrected chi connectivity index (χ1v) is 8.25. The molecule has 1 rings (SSSR count). The van der Waals surface area contributed by atoms with E-state index in [4.69, 9.17) is 0 Å². The van der Waals surface area contributed by atoms with Crippen LogP contribution in [0.25, 0.3) is 0 Å². The predicted molar refractivity (Wildman–Crippen MR) is 89.4 cm³/mol. The molecule has 0 bridgehead atoms. The second kappa shape index (κ2) is 10.8. The van der Waals surface area contributed by atoms with Crippen molar-refractivity contribution in [2.75, 3.05) is 6.54 Å². The van der Waals surface area contributed by atoms with Crippen LogP contribution in [0.2, 0.25) is 0 Å². The predicted octanol–water partition coefficient (Wildman–Crippen LogP) is 3.09. The average Bonchev–Trinajstić information content (AvgIpc) is 2.52. The molecule has 0 spiro atoms. The van der Waals surface area contributed by atoms with E-state index in [1.807, 2.05) is 31.2 Å². The van der Waals surface area contributed by atoms with Gasteiger partial charge in [-0.25, -0.2) is 0 Å². The highest BCUT2D eigenvalue weighted by Crippen LogP contribution is 2.06. The summed E-state index contributed by atoms with van der Waals surface area (Å²) >= 11 is 0. The van der Waals surface area contributed by atoms with Gasteiger partial charge in [0.15, 0.2) is 0 Å². The van der Waals surface area contributed by atoms with Crippen LogP contribution in [0.4, 0.5) is 0 Å². The summed E-state index contributed by atoms with van der Waals surface area (Å²) in [5, 5.41) is 5.33. The molecule has 0 atom stereocenters. The maximum Gasteiger partial charge on any atom is 0.309 e. The fourth-order valence-electron chi connectivity index (χ4n) is 2.25. The topological polar surface area (TPSA) is 58.2 Å². The van der Waals surface area contributed by atoms with Crippen LogP contribution in [0.3, 0.4) is 0 Å². The number of hydrogen-bond donors (Lipinski definition) is 2. The quantitative estimate of drug-likeness (QED) is 0.544. The maximum atomic E-state index is 11.7. The number of aryl methyl sites for hydroxylation is 1. The zero-order valence-electron chi connectivity index (χ0n) is 13.8. The molecule has 0 aromatic heterocycles. The third-order valence-electron chi connectivity index (χ3n) is 3.72. The largest absolute Gasteiger partial charge is 0.348 e. The van der Waals surface area contributed by atoms with E-state index in [0.717, 1.165) is 24.0 Å². The molecule has 0 heterocycles. The van der Waals surface area contributed by atoms with E-state index >= 15 is 0 Å². The lowest BCUT2D eigenvalue weighted by molar-refractivity contribution is -0.139. The number of rotatable bonds is 9. The molecular formula is C18H28N2O2. The van der Waals surface area contributed by atoms with Crippen LogP contribution in [0.5, 0.6) is 0 Å². The number of carbonyl (C=O) groups is 2. The summed E-state index contributed by atoms with van der Waals surface area (Å²) in [4.78, 5) is 23.4. The van der Waals surface area contributed by atoms with Crippen LogP contribution < -0.4 is 10.6 Å². The van der Waals surface area contributed by atoms with E-state index in [-0.39, 0.29) is 0 Å². The summed E-state index contributed by atoms with van der Waals surface area (Å²) in [5.74, 6) is -1.10. The molecular weight excluding hydrogens is 276 g/mol. The lowest BCUT2D eigenvalue weighted by Gasteiger charge is -2.08. The molecule has 0 saturated carbocycles. The van der Waals surface area contributed by atoms with Crippen molar-refractivity contribution in [1.29, 1.82) is 0 Å². The Kier molecular flexibility index (Phi) is 8.96. The molecule has 22 heavy (non-hydrogen) atoms. The van der Waals surface area contributed by atoms with Gasteiger partial charge in [0, 0.05) is 13.1 Å². The Bertz CT molecular complexity index is 472. The Morgan fingerprint density at radius 1 is 0.909 bits per heavy atom. The highest BCUT2D eigenvalue weighted by molar-refractivity contribution is 6.35. The first-order chi connectivity index (χ1) is 10.6. The molecule has 0 saturated heterocycles. The normalized spacial score (nSPS) is 10.3. The van der Waals surface area contributed by atoms with Crippen molar-refractivity contribution in [1.82, 2.24) is 10.6 Å². The number of nitrogens with one attached hydrogen (secondary N) is 2.